The largest absolute Gasteiger partial charge is 0.458 e. The normalized spacial score (nSPS) is 19.1. The molecule has 0 unspecified atom stereocenters. The number of esters is 1. The Kier molecular flexibility index (Phi) is 6.68. The zero-order valence-electron chi connectivity index (χ0n) is 22.4. The molecule has 0 bridgehead atoms. The van der Waals surface area contributed by atoms with E-state index < -0.39 is 28.6 Å². The fourth-order valence-electron chi connectivity index (χ4n) is 4.89. The summed E-state index contributed by atoms with van der Waals surface area (Å²) in [6.07, 6.45) is 2.48. The molecule has 1 N–H and O–H groups in total. The van der Waals surface area contributed by atoms with E-state index in [0.717, 1.165) is 5.56 Å². The zero-order valence-corrected chi connectivity index (χ0v) is 23.9. The monoisotopic (exact) mass is 579 g/mol. The summed E-state index contributed by atoms with van der Waals surface area (Å²) in [5, 5.41) is 12.7. The molecule has 3 aromatic rings. The van der Waals surface area contributed by atoms with Crippen LogP contribution in [0.5, 0.6) is 0 Å². The molecule has 1 saturated carbocycles. The Morgan fingerprint density at radius 1 is 1.12 bits per heavy atom. The number of ether oxygens (including phenoxy) is 1. The van der Waals surface area contributed by atoms with Crippen molar-refractivity contribution < 1.29 is 19.1 Å². The number of rotatable bonds is 6. The Hall–Kier alpha value is -3.87. The van der Waals surface area contributed by atoms with E-state index in [-0.39, 0.29) is 24.0 Å². The molecular formula is C29H27Cl2N5O4. The Bertz CT molecular complexity index is 1560. The standard InChI is InChI=1S/C29H27Cl2N5O4/c1-27(2,3)40-25(39)29(9-10-29)34-23(37)22-16-33-26-35(21-12-19(30)11-20(31)13-21)24(38)28(4,36(22)26)14-17-5-7-18(15-32)8-6-17/h5-8,11-13,16H,9-10,14H2,1-4H3,(H,34,37)/t28-/m1/s1. The molecule has 1 atom stereocenters. The number of nitrogens with one attached hydrogen (secondary N) is 1. The summed E-state index contributed by atoms with van der Waals surface area (Å²) in [5.74, 6) is -1.18. The fraction of sp³-hybridized carbons (Fsp3) is 0.345. The number of nitriles is 1. The summed E-state index contributed by atoms with van der Waals surface area (Å²) in [4.78, 5) is 46.6. The molecule has 206 valence electrons. The molecular weight excluding hydrogens is 553 g/mol. The molecule has 2 aromatic carbocycles. The molecule has 40 heavy (non-hydrogen) atoms. The van der Waals surface area contributed by atoms with Gasteiger partial charge in [0.2, 0.25) is 5.95 Å². The third kappa shape index (κ3) is 4.93. The molecule has 1 fully saturated rings. The molecule has 5 rings (SSSR count). The SMILES string of the molecule is CC(C)(C)OC(=O)C1(NC(=O)c2cnc3n2[C@](C)(Cc2ccc(C#N)cc2)C(=O)N3c2cc(Cl)cc(Cl)c2)CC1. The number of benzene rings is 2. The highest BCUT2D eigenvalue weighted by molar-refractivity contribution is 6.35. The lowest BCUT2D eigenvalue weighted by atomic mass is 9.91. The number of hydrogen-bond donors (Lipinski definition) is 1. The van der Waals surface area contributed by atoms with Gasteiger partial charge in [-0.05, 0) is 76.4 Å². The van der Waals surface area contributed by atoms with Gasteiger partial charge in [0.05, 0.1) is 23.5 Å². The van der Waals surface area contributed by atoms with Crippen molar-refractivity contribution in [1.29, 1.82) is 5.26 Å². The zero-order chi connectivity index (χ0) is 29.0. The first-order valence-corrected chi connectivity index (χ1v) is 13.5. The molecule has 0 radical (unpaired) electrons. The minimum atomic E-state index is -1.29. The minimum Gasteiger partial charge on any atom is -0.458 e. The Balaban J connectivity index is 1.56. The van der Waals surface area contributed by atoms with Crippen LogP contribution in [0.1, 0.15) is 62.2 Å². The fourth-order valence-corrected chi connectivity index (χ4v) is 5.40. The second-order valence-corrected chi connectivity index (χ2v) is 12.2. The number of nitrogens with zero attached hydrogens (tertiary/aromatic N) is 4. The van der Waals surface area contributed by atoms with Crippen molar-refractivity contribution in [2.24, 2.45) is 0 Å². The van der Waals surface area contributed by atoms with E-state index in [9.17, 15) is 19.6 Å². The van der Waals surface area contributed by atoms with Crippen LogP contribution in [0.25, 0.3) is 0 Å². The van der Waals surface area contributed by atoms with Crippen LogP contribution in [0.2, 0.25) is 10.0 Å². The van der Waals surface area contributed by atoms with Crippen LogP contribution in [0.15, 0.2) is 48.7 Å². The van der Waals surface area contributed by atoms with E-state index in [1.54, 1.807) is 74.7 Å². The van der Waals surface area contributed by atoms with Crippen LogP contribution in [-0.4, -0.2) is 38.5 Å². The van der Waals surface area contributed by atoms with Crippen molar-refractivity contribution >= 4 is 52.6 Å². The van der Waals surface area contributed by atoms with Gasteiger partial charge in [-0.25, -0.2) is 14.7 Å². The van der Waals surface area contributed by atoms with E-state index >= 15 is 0 Å². The number of fused-ring (bicyclic) bond motifs is 1. The van der Waals surface area contributed by atoms with Crippen LogP contribution in [0.4, 0.5) is 11.6 Å². The summed E-state index contributed by atoms with van der Waals surface area (Å²) in [7, 11) is 0. The lowest BCUT2D eigenvalue weighted by molar-refractivity contribution is -0.158. The van der Waals surface area contributed by atoms with Crippen LogP contribution in [0, 0.1) is 11.3 Å². The lowest BCUT2D eigenvalue weighted by Crippen LogP contribution is -2.48. The predicted molar refractivity (Wildman–Crippen MR) is 150 cm³/mol. The van der Waals surface area contributed by atoms with Crippen molar-refractivity contribution in [3.63, 3.8) is 0 Å². The second kappa shape index (κ2) is 9.65. The summed E-state index contributed by atoms with van der Waals surface area (Å²) in [6.45, 7) is 7.03. The van der Waals surface area contributed by atoms with Crippen LogP contribution in [0.3, 0.4) is 0 Å². The molecule has 9 nitrogen and oxygen atoms in total. The number of imidazole rings is 1. The van der Waals surface area contributed by atoms with Gasteiger partial charge < -0.3 is 10.1 Å². The average Bonchev–Trinajstić information content (AvgIpc) is 3.45. The van der Waals surface area contributed by atoms with Crippen molar-refractivity contribution in [1.82, 2.24) is 14.9 Å². The first kappa shape index (κ1) is 27.7. The van der Waals surface area contributed by atoms with Crippen molar-refractivity contribution in [2.75, 3.05) is 4.90 Å². The number of hydrogen-bond acceptors (Lipinski definition) is 6. The van der Waals surface area contributed by atoms with Crippen molar-refractivity contribution in [3.8, 4) is 6.07 Å². The third-order valence-electron chi connectivity index (χ3n) is 6.96. The second-order valence-electron chi connectivity index (χ2n) is 11.3. The molecule has 2 amide bonds. The van der Waals surface area contributed by atoms with Crippen LogP contribution < -0.4 is 10.2 Å². The maximum Gasteiger partial charge on any atom is 0.332 e. The molecule has 2 aliphatic rings. The summed E-state index contributed by atoms with van der Waals surface area (Å²) >= 11 is 12.5. The number of carbonyl (C=O) groups excluding carboxylic acids is 3. The topological polar surface area (TPSA) is 117 Å². The highest BCUT2D eigenvalue weighted by Gasteiger charge is 2.55. The first-order chi connectivity index (χ1) is 18.8. The molecule has 1 aliphatic heterocycles. The van der Waals surface area contributed by atoms with E-state index in [2.05, 4.69) is 16.4 Å². The summed E-state index contributed by atoms with van der Waals surface area (Å²) in [5.41, 5.74) is -1.34. The number of amides is 2. The Morgan fingerprint density at radius 2 is 1.75 bits per heavy atom. The molecule has 1 aromatic heterocycles. The maximum absolute atomic E-state index is 14.2. The molecule has 0 spiro atoms. The predicted octanol–water partition coefficient (Wildman–Crippen LogP) is 5.30. The smallest absolute Gasteiger partial charge is 0.332 e. The van der Waals surface area contributed by atoms with Gasteiger partial charge in [-0.3, -0.25) is 14.2 Å². The van der Waals surface area contributed by atoms with Crippen LogP contribution >= 0.6 is 23.2 Å². The first-order valence-electron chi connectivity index (χ1n) is 12.7. The van der Waals surface area contributed by atoms with Gasteiger partial charge in [0, 0.05) is 16.5 Å². The van der Waals surface area contributed by atoms with Gasteiger partial charge in [0.1, 0.15) is 22.4 Å². The number of aromatic nitrogens is 2. The summed E-state index contributed by atoms with van der Waals surface area (Å²) in [6, 6.07) is 13.7. The highest BCUT2D eigenvalue weighted by Crippen LogP contribution is 2.44. The van der Waals surface area contributed by atoms with Gasteiger partial charge in [0.25, 0.3) is 11.8 Å². The molecule has 1 aliphatic carbocycles. The highest BCUT2D eigenvalue weighted by atomic mass is 35.5. The number of carbonyl (C=O) groups is 3. The third-order valence-corrected chi connectivity index (χ3v) is 7.40. The summed E-state index contributed by atoms with van der Waals surface area (Å²) < 4.78 is 7.13. The Morgan fingerprint density at radius 3 is 2.30 bits per heavy atom. The minimum absolute atomic E-state index is 0.116. The van der Waals surface area contributed by atoms with E-state index in [1.807, 2.05) is 0 Å². The number of anilines is 2. The van der Waals surface area contributed by atoms with Gasteiger partial charge in [-0.15, -0.1) is 0 Å². The van der Waals surface area contributed by atoms with E-state index in [0.29, 0.717) is 34.1 Å². The molecule has 11 heteroatoms. The van der Waals surface area contributed by atoms with Gasteiger partial charge in [0.15, 0.2) is 0 Å². The molecule has 2 heterocycles. The van der Waals surface area contributed by atoms with Crippen molar-refractivity contribution in [3.05, 3.63) is 75.5 Å². The van der Waals surface area contributed by atoms with E-state index in [1.165, 1.54) is 11.1 Å². The quantitative estimate of drug-likeness (QED) is 0.396. The number of halogens is 2. The van der Waals surface area contributed by atoms with E-state index in [4.69, 9.17) is 27.9 Å². The average molecular weight is 580 g/mol. The van der Waals surface area contributed by atoms with Gasteiger partial charge in [-0.1, -0.05) is 35.3 Å². The van der Waals surface area contributed by atoms with Crippen LogP contribution in [-0.2, 0) is 26.3 Å². The van der Waals surface area contributed by atoms with Crippen molar-refractivity contribution in [2.45, 2.75) is 63.6 Å². The lowest BCUT2D eigenvalue weighted by Gasteiger charge is -2.27. The Labute approximate surface area is 241 Å². The maximum atomic E-state index is 14.2. The molecule has 0 saturated heterocycles. The van der Waals surface area contributed by atoms with Gasteiger partial charge in [-0.2, -0.15) is 5.26 Å². The van der Waals surface area contributed by atoms with Gasteiger partial charge >= 0.3 is 5.97 Å².